The number of benzene rings is 1. The van der Waals surface area contributed by atoms with Crippen molar-refractivity contribution in [3.05, 3.63) is 90.9 Å². The van der Waals surface area contributed by atoms with E-state index in [0.717, 1.165) is 72.8 Å². The quantitative estimate of drug-likeness (QED) is 0.313. The van der Waals surface area contributed by atoms with Gasteiger partial charge in [0.25, 0.3) is 0 Å². The fraction of sp³-hybridized carbons (Fsp3) is 0.281. The third-order valence-corrected chi connectivity index (χ3v) is 7.92. The summed E-state index contributed by atoms with van der Waals surface area (Å²) in [5.41, 5.74) is 18.1. The van der Waals surface area contributed by atoms with Crippen molar-refractivity contribution >= 4 is 22.9 Å². The van der Waals surface area contributed by atoms with E-state index in [1.165, 1.54) is 30.0 Å². The van der Waals surface area contributed by atoms with E-state index < -0.39 is 0 Å². The van der Waals surface area contributed by atoms with Crippen molar-refractivity contribution in [2.45, 2.75) is 44.6 Å². The van der Waals surface area contributed by atoms with Crippen LogP contribution in [0.25, 0.3) is 34.1 Å². The van der Waals surface area contributed by atoms with E-state index in [2.05, 4.69) is 39.4 Å². The number of hydrogen-bond acceptors (Lipinski definition) is 7. The molecule has 1 amide bonds. The number of hydrogen-bond donors (Lipinski definition) is 2. The number of carbonyl (C=O) groups excluding carboxylic acids is 1. The average Bonchev–Trinajstić information content (AvgIpc) is 3.70. The lowest BCUT2D eigenvalue weighted by atomic mass is 9.91. The second-order valence-corrected chi connectivity index (χ2v) is 10.7. The van der Waals surface area contributed by atoms with Gasteiger partial charge < -0.3 is 16.4 Å². The molecule has 10 nitrogen and oxygen atoms in total. The van der Waals surface area contributed by atoms with Crippen LogP contribution in [0.3, 0.4) is 0 Å². The summed E-state index contributed by atoms with van der Waals surface area (Å²) in [7, 11) is 0. The van der Waals surface area contributed by atoms with Gasteiger partial charge in [-0.05, 0) is 98.2 Å². The molecule has 1 saturated heterocycles. The summed E-state index contributed by atoms with van der Waals surface area (Å²) < 4.78 is 3.84. The van der Waals surface area contributed by atoms with Gasteiger partial charge in [0, 0.05) is 43.4 Å². The minimum atomic E-state index is 0.0249. The van der Waals surface area contributed by atoms with E-state index in [1.54, 1.807) is 22.0 Å². The molecule has 5 aromatic rings. The molecule has 0 saturated carbocycles. The number of rotatable bonds is 4. The van der Waals surface area contributed by atoms with E-state index in [0.29, 0.717) is 5.82 Å². The standard InChI is InChI=1S/C24H21N7.C8H14N2O/c25-22-19(7-3-12-26-22)23-28-20-10-11-21(30-14-4-13-27-30)29-24(20)31(23)18-9-8-16-5-1-2-6-17(16)15-18;1-2-8(11)10-5-3-7(9)4-6-10/h3-4,7-15H,1-2,5-6H2,(H2,25,26);2,7H,1,3-6,9H2. The largest absolute Gasteiger partial charge is 0.383 e. The van der Waals surface area contributed by atoms with Crippen LogP contribution in [0.15, 0.2) is 79.8 Å². The zero-order valence-electron chi connectivity index (χ0n) is 23.6. The second-order valence-electron chi connectivity index (χ2n) is 10.7. The number of fused-ring (bicyclic) bond motifs is 2. The molecule has 5 heterocycles. The van der Waals surface area contributed by atoms with Gasteiger partial charge in [-0.1, -0.05) is 12.6 Å². The van der Waals surface area contributed by atoms with Crippen molar-refractivity contribution in [2.24, 2.45) is 5.73 Å². The molecule has 10 heteroatoms. The number of amides is 1. The van der Waals surface area contributed by atoms with E-state index in [4.69, 9.17) is 21.4 Å². The minimum Gasteiger partial charge on any atom is -0.383 e. The molecular formula is C32H35N9O. The van der Waals surface area contributed by atoms with Gasteiger partial charge in [0.15, 0.2) is 17.3 Å². The Balaban J connectivity index is 0.000000244. The zero-order chi connectivity index (χ0) is 29.1. The summed E-state index contributed by atoms with van der Waals surface area (Å²) in [6, 6.07) is 16.6. The summed E-state index contributed by atoms with van der Waals surface area (Å²) in [4.78, 5) is 26.9. The molecule has 7 rings (SSSR count). The number of nitrogens with zero attached hydrogens (tertiary/aromatic N) is 7. The number of imidazole rings is 1. The third-order valence-electron chi connectivity index (χ3n) is 7.92. The first-order valence-corrected chi connectivity index (χ1v) is 14.4. The number of anilines is 1. The van der Waals surface area contributed by atoms with Crippen molar-refractivity contribution < 1.29 is 4.79 Å². The van der Waals surface area contributed by atoms with Crippen LogP contribution in [0.1, 0.15) is 36.8 Å². The van der Waals surface area contributed by atoms with Crippen LogP contribution in [0, 0.1) is 0 Å². The van der Waals surface area contributed by atoms with Crippen LogP contribution < -0.4 is 11.5 Å². The van der Waals surface area contributed by atoms with Crippen molar-refractivity contribution in [2.75, 3.05) is 18.8 Å². The van der Waals surface area contributed by atoms with Crippen LogP contribution in [0.2, 0.25) is 0 Å². The zero-order valence-corrected chi connectivity index (χ0v) is 23.6. The van der Waals surface area contributed by atoms with Crippen LogP contribution >= 0.6 is 0 Å². The monoisotopic (exact) mass is 561 g/mol. The molecular weight excluding hydrogens is 526 g/mol. The second kappa shape index (κ2) is 12.0. The van der Waals surface area contributed by atoms with Gasteiger partial charge in [0.05, 0.1) is 5.56 Å². The lowest BCUT2D eigenvalue weighted by Crippen LogP contribution is -2.42. The summed E-state index contributed by atoms with van der Waals surface area (Å²) in [6.07, 6.45) is 13.2. The molecule has 0 radical (unpaired) electrons. The van der Waals surface area contributed by atoms with Gasteiger partial charge >= 0.3 is 0 Å². The summed E-state index contributed by atoms with van der Waals surface area (Å²) >= 11 is 0. The fourth-order valence-electron chi connectivity index (χ4n) is 5.62. The van der Waals surface area contributed by atoms with Gasteiger partial charge in [0.2, 0.25) is 5.91 Å². The maximum absolute atomic E-state index is 11.0. The molecule has 0 bridgehead atoms. The topological polar surface area (TPSA) is 134 Å². The third kappa shape index (κ3) is 5.53. The lowest BCUT2D eigenvalue weighted by molar-refractivity contribution is -0.126. The molecule has 1 fully saturated rings. The molecule has 2 aliphatic rings. The molecule has 1 aromatic carbocycles. The van der Waals surface area contributed by atoms with E-state index in [-0.39, 0.29) is 11.9 Å². The molecule has 214 valence electrons. The minimum absolute atomic E-state index is 0.0249. The number of aryl methyl sites for hydroxylation is 2. The Labute approximate surface area is 244 Å². The van der Waals surface area contributed by atoms with Gasteiger partial charge in [-0.2, -0.15) is 5.10 Å². The highest BCUT2D eigenvalue weighted by Crippen LogP contribution is 2.32. The molecule has 42 heavy (non-hydrogen) atoms. The summed E-state index contributed by atoms with van der Waals surface area (Å²) in [5.74, 6) is 1.95. The summed E-state index contributed by atoms with van der Waals surface area (Å²) in [6.45, 7) is 5.00. The van der Waals surface area contributed by atoms with E-state index in [9.17, 15) is 4.79 Å². The van der Waals surface area contributed by atoms with Gasteiger partial charge in [-0.25, -0.2) is 19.6 Å². The average molecular weight is 562 g/mol. The Morgan fingerprint density at radius 1 is 0.976 bits per heavy atom. The highest BCUT2D eigenvalue weighted by atomic mass is 16.2. The Morgan fingerprint density at radius 3 is 2.52 bits per heavy atom. The number of carbonyl (C=O) groups is 1. The first-order chi connectivity index (χ1) is 20.5. The van der Waals surface area contributed by atoms with Crippen molar-refractivity contribution in [3.63, 3.8) is 0 Å². The first-order valence-electron chi connectivity index (χ1n) is 14.4. The maximum atomic E-state index is 11.0. The highest BCUT2D eigenvalue weighted by molar-refractivity contribution is 5.87. The Bertz CT molecular complexity index is 1720. The smallest absolute Gasteiger partial charge is 0.245 e. The SMILES string of the molecule is C=CC(=O)N1CCC(N)CC1.Nc1ncccc1-c1nc2ccc(-n3cccn3)nc2n1-c1ccc2c(c1)CCCC2. The predicted octanol–water partition coefficient (Wildman–Crippen LogP) is 4.25. The molecule has 4 aromatic heterocycles. The van der Waals surface area contributed by atoms with Crippen LogP contribution in [0.4, 0.5) is 5.82 Å². The molecule has 1 aliphatic heterocycles. The normalized spacial score (nSPS) is 15.1. The Hall–Kier alpha value is -4.83. The Kier molecular flexibility index (Phi) is 7.78. The summed E-state index contributed by atoms with van der Waals surface area (Å²) in [5, 5.41) is 4.33. The van der Waals surface area contributed by atoms with Gasteiger partial charge in [-0.3, -0.25) is 9.36 Å². The molecule has 0 spiro atoms. The van der Waals surface area contributed by atoms with Crippen molar-refractivity contribution in [1.29, 1.82) is 0 Å². The predicted molar refractivity (Wildman–Crippen MR) is 164 cm³/mol. The lowest BCUT2D eigenvalue weighted by Gasteiger charge is -2.29. The first kappa shape index (κ1) is 27.3. The van der Waals surface area contributed by atoms with Crippen LogP contribution in [0.5, 0.6) is 0 Å². The molecule has 1 aliphatic carbocycles. The fourth-order valence-corrected chi connectivity index (χ4v) is 5.62. The van der Waals surface area contributed by atoms with Gasteiger partial charge in [-0.15, -0.1) is 0 Å². The van der Waals surface area contributed by atoms with Crippen molar-refractivity contribution in [3.8, 4) is 22.9 Å². The Morgan fingerprint density at radius 2 is 1.79 bits per heavy atom. The van der Waals surface area contributed by atoms with Gasteiger partial charge in [0.1, 0.15) is 11.3 Å². The number of likely N-dealkylation sites (tertiary alicyclic amines) is 1. The number of piperidine rings is 1. The number of pyridine rings is 2. The van der Waals surface area contributed by atoms with Crippen LogP contribution in [-0.4, -0.2) is 59.2 Å². The van der Waals surface area contributed by atoms with E-state index in [1.807, 2.05) is 36.5 Å². The highest BCUT2D eigenvalue weighted by Gasteiger charge is 2.20. The molecule has 4 N–H and O–H groups in total. The van der Waals surface area contributed by atoms with Crippen molar-refractivity contribution in [1.82, 2.24) is 34.2 Å². The molecule has 0 unspecified atom stereocenters. The number of nitrogen functional groups attached to an aromatic ring is 1. The van der Waals surface area contributed by atoms with E-state index >= 15 is 0 Å². The number of nitrogens with two attached hydrogens (primary N) is 2. The number of aromatic nitrogens is 6. The maximum Gasteiger partial charge on any atom is 0.245 e. The molecule has 0 atom stereocenters. The van der Waals surface area contributed by atoms with Crippen LogP contribution in [-0.2, 0) is 17.6 Å².